The summed E-state index contributed by atoms with van der Waals surface area (Å²) >= 11 is 1.61. The molecule has 2 aliphatic rings. The number of ether oxygens (including phenoxy) is 2. The molecule has 11 heteroatoms. The quantitative estimate of drug-likeness (QED) is 0.532. The fraction of sp³-hybridized carbons (Fsp3) is 0.636. The van der Waals surface area contributed by atoms with Gasteiger partial charge in [-0.25, -0.2) is 9.78 Å². The third-order valence-electron chi connectivity index (χ3n) is 5.90. The number of rotatable bonds is 9. The molecule has 10 nitrogen and oxygen atoms in total. The molecule has 0 bridgehead atoms. The third-order valence-corrected chi connectivity index (χ3v) is 7.22. The van der Waals surface area contributed by atoms with E-state index >= 15 is 0 Å². The average Bonchev–Trinajstić information content (AvgIpc) is 3.42. The molecule has 1 aliphatic heterocycles. The summed E-state index contributed by atoms with van der Waals surface area (Å²) in [7, 11) is 3.24. The first-order valence-corrected chi connectivity index (χ1v) is 12.2. The first-order chi connectivity index (χ1) is 16.0. The Morgan fingerprint density at radius 1 is 1.45 bits per heavy atom. The summed E-state index contributed by atoms with van der Waals surface area (Å²) in [6.45, 7) is 4.43. The van der Waals surface area contributed by atoms with Crippen LogP contribution >= 0.6 is 11.3 Å². The number of methoxy groups -OCH3 is 1. The Labute approximate surface area is 197 Å². The molecule has 1 saturated carbocycles. The Balaban J connectivity index is 1.54. The maximum atomic E-state index is 13.3. The van der Waals surface area contributed by atoms with Crippen molar-refractivity contribution in [2.75, 3.05) is 33.4 Å². The van der Waals surface area contributed by atoms with Crippen molar-refractivity contribution in [1.82, 2.24) is 30.3 Å². The fourth-order valence-electron chi connectivity index (χ4n) is 4.05. The van der Waals surface area contributed by atoms with Crippen LogP contribution in [0.15, 0.2) is 12.4 Å². The molecule has 3 heterocycles. The molecular formula is C22H32N6O4S. The summed E-state index contributed by atoms with van der Waals surface area (Å²) in [5, 5.41) is 11.2. The van der Waals surface area contributed by atoms with Gasteiger partial charge in [0.1, 0.15) is 11.1 Å². The highest BCUT2D eigenvalue weighted by Gasteiger charge is 2.41. The van der Waals surface area contributed by atoms with Gasteiger partial charge in [0, 0.05) is 44.5 Å². The van der Waals surface area contributed by atoms with Gasteiger partial charge >= 0.3 is 6.09 Å². The van der Waals surface area contributed by atoms with Crippen LogP contribution in [-0.2, 0) is 27.7 Å². The number of morpholine rings is 1. The second kappa shape index (κ2) is 10.6. The highest BCUT2D eigenvalue weighted by atomic mass is 32.1. The van der Waals surface area contributed by atoms with Crippen LogP contribution in [0.1, 0.15) is 42.9 Å². The lowest BCUT2D eigenvalue weighted by atomic mass is 10.1. The minimum Gasteiger partial charge on any atom is -0.453 e. The molecule has 4 rings (SSSR count). The van der Waals surface area contributed by atoms with Crippen molar-refractivity contribution >= 4 is 23.3 Å². The van der Waals surface area contributed by atoms with E-state index < -0.39 is 12.2 Å². The number of alkyl carbamates (subject to hydrolysis) is 1. The smallest absolute Gasteiger partial charge is 0.406 e. The number of aryl methyl sites for hydroxylation is 2. The van der Waals surface area contributed by atoms with Gasteiger partial charge in [-0.3, -0.25) is 9.48 Å². The molecule has 0 aromatic carbocycles. The van der Waals surface area contributed by atoms with Gasteiger partial charge in [-0.1, -0.05) is 0 Å². The van der Waals surface area contributed by atoms with Crippen molar-refractivity contribution < 1.29 is 19.1 Å². The van der Waals surface area contributed by atoms with Gasteiger partial charge in [-0.2, -0.15) is 5.10 Å². The molecule has 2 aromatic heterocycles. The Kier molecular flexibility index (Phi) is 7.61. The van der Waals surface area contributed by atoms with Crippen LogP contribution in [0.25, 0.3) is 10.4 Å². The summed E-state index contributed by atoms with van der Waals surface area (Å²) < 4.78 is 12.2. The molecule has 1 saturated heterocycles. The first kappa shape index (κ1) is 23.7. The summed E-state index contributed by atoms with van der Waals surface area (Å²) in [6.07, 6.45) is 6.40. The molecule has 0 unspecified atom stereocenters. The summed E-state index contributed by atoms with van der Waals surface area (Å²) in [5.74, 6) is 0.0409. The van der Waals surface area contributed by atoms with Gasteiger partial charge in [-0.05, 0) is 32.6 Å². The van der Waals surface area contributed by atoms with E-state index in [4.69, 9.17) is 9.72 Å². The number of aromatic nitrogens is 3. The maximum Gasteiger partial charge on any atom is 0.406 e. The Bertz CT molecular complexity index is 966. The third kappa shape index (κ3) is 5.71. The van der Waals surface area contributed by atoms with Gasteiger partial charge in [0.05, 0.1) is 36.5 Å². The number of carbonyl (C=O) groups excluding carboxylic acids is 2. The standard InChI is InChI=1S/C22H32N6O4S/c1-14(28(16-6-7-16)21(29)18-12-23-9-10-32-18)20-26-17(5-4-8-24-22(30)31-3)19(33-20)15-11-25-27(2)13-15/h11,13-14,16,18,23H,4-10,12H2,1-3H3,(H,24,30)/t14-,18-/m1/s1. The van der Waals surface area contributed by atoms with Crippen LogP contribution in [0.5, 0.6) is 0 Å². The lowest BCUT2D eigenvalue weighted by Gasteiger charge is -2.33. The fourth-order valence-corrected chi connectivity index (χ4v) is 5.19. The zero-order chi connectivity index (χ0) is 23.4. The van der Waals surface area contributed by atoms with Crippen molar-refractivity contribution in [3.05, 3.63) is 23.1 Å². The largest absolute Gasteiger partial charge is 0.453 e. The minimum atomic E-state index is -0.441. The molecule has 33 heavy (non-hydrogen) atoms. The van der Waals surface area contributed by atoms with Crippen LogP contribution in [0, 0.1) is 0 Å². The Hall–Kier alpha value is -2.50. The lowest BCUT2D eigenvalue weighted by molar-refractivity contribution is -0.148. The molecule has 0 spiro atoms. The van der Waals surface area contributed by atoms with Crippen LogP contribution < -0.4 is 10.6 Å². The SMILES string of the molecule is COC(=O)NCCCc1nc([C@@H](C)N(C(=O)[C@H]2CNCCO2)C2CC2)sc1-c1cnn(C)c1. The van der Waals surface area contributed by atoms with Gasteiger partial charge in [0.15, 0.2) is 0 Å². The number of carbonyl (C=O) groups is 2. The summed E-state index contributed by atoms with van der Waals surface area (Å²) in [6, 6.07) is 0.106. The molecule has 2 amide bonds. The molecule has 2 aromatic rings. The Morgan fingerprint density at radius 3 is 2.91 bits per heavy atom. The average molecular weight is 477 g/mol. The number of thiazole rings is 1. The molecular weight excluding hydrogens is 444 g/mol. The molecule has 2 N–H and O–H groups in total. The van der Waals surface area contributed by atoms with Crippen LogP contribution in [-0.4, -0.2) is 77.2 Å². The van der Waals surface area contributed by atoms with Crippen molar-refractivity contribution in [3.63, 3.8) is 0 Å². The van der Waals surface area contributed by atoms with Crippen molar-refractivity contribution in [1.29, 1.82) is 0 Å². The van der Waals surface area contributed by atoms with Crippen LogP contribution in [0.2, 0.25) is 0 Å². The zero-order valence-electron chi connectivity index (χ0n) is 19.4. The maximum absolute atomic E-state index is 13.3. The van der Waals surface area contributed by atoms with Gasteiger partial charge in [-0.15, -0.1) is 11.3 Å². The van der Waals surface area contributed by atoms with Gasteiger partial charge in [0.25, 0.3) is 5.91 Å². The number of hydrogen-bond donors (Lipinski definition) is 2. The predicted molar refractivity (Wildman–Crippen MR) is 124 cm³/mol. The highest BCUT2D eigenvalue weighted by Crippen LogP contribution is 2.40. The number of nitrogens with one attached hydrogen (secondary N) is 2. The molecule has 180 valence electrons. The van der Waals surface area contributed by atoms with E-state index in [0.29, 0.717) is 26.1 Å². The monoisotopic (exact) mass is 476 g/mol. The van der Waals surface area contributed by atoms with Gasteiger partial charge < -0.3 is 25.0 Å². The number of nitrogens with zero attached hydrogens (tertiary/aromatic N) is 4. The molecule has 1 aliphatic carbocycles. The van der Waals surface area contributed by atoms with E-state index in [0.717, 1.165) is 46.9 Å². The van der Waals surface area contributed by atoms with Crippen molar-refractivity contribution in [3.8, 4) is 10.4 Å². The van der Waals surface area contributed by atoms with Gasteiger partial charge in [0.2, 0.25) is 0 Å². The van der Waals surface area contributed by atoms with Crippen LogP contribution in [0.3, 0.4) is 0 Å². The van der Waals surface area contributed by atoms with Crippen LogP contribution in [0.4, 0.5) is 4.79 Å². The second-order valence-corrected chi connectivity index (χ2v) is 9.50. The summed E-state index contributed by atoms with van der Waals surface area (Å²) in [4.78, 5) is 32.7. The van der Waals surface area contributed by atoms with E-state index in [9.17, 15) is 9.59 Å². The lowest BCUT2D eigenvalue weighted by Crippen LogP contribution is -2.50. The zero-order valence-corrected chi connectivity index (χ0v) is 20.2. The predicted octanol–water partition coefficient (Wildman–Crippen LogP) is 1.87. The molecule has 0 radical (unpaired) electrons. The number of hydrogen-bond acceptors (Lipinski definition) is 8. The first-order valence-electron chi connectivity index (χ1n) is 11.4. The van der Waals surface area contributed by atoms with E-state index in [1.165, 1.54) is 7.11 Å². The summed E-state index contributed by atoms with van der Waals surface area (Å²) in [5.41, 5.74) is 1.97. The van der Waals surface area contributed by atoms with E-state index in [1.807, 2.05) is 24.3 Å². The highest BCUT2D eigenvalue weighted by molar-refractivity contribution is 7.15. The molecule has 2 atom stereocenters. The topological polar surface area (TPSA) is 111 Å². The number of amides is 2. The molecule has 2 fully saturated rings. The van der Waals surface area contributed by atoms with Crippen molar-refractivity contribution in [2.24, 2.45) is 7.05 Å². The van der Waals surface area contributed by atoms with E-state index in [-0.39, 0.29) is 18.0 Å². The second-order valence-electron chi connectivity index (χ2n) is 8.47. The van der Waals surface area contributed by atoms with E-state index in [1.54, 1.807) is 16.0 Å². The Morgan fingerprint density at radius 2 is 2.27 bits per heavy atom. The minimum absolute atomic E-state index is 0.0409. The van der Waals surface area contributed by atoms with Crippen molar-refractivity contribution in [2.45, 2.75) is 50.8 Å². The normalized spacial score (nSPS) is 19.2. The van der Waals surface area contributed by atoms with E-state index in [2.05, 4.69) is 27.4 Å².